The molecule has 1 aromatic carbocycles. The van der Waals surface area contributed by atoms with E-state index >= 15 is 0 Å². The van der Waals surface area contributed by atoms with Crippen LogP contribution in [0.4, 0.5) is 19.0 Å². The van der Waals surface area contributed by atoms with Gasteiger partial charge in [-0.1, -0.05) is 25.5 Å². The van der Waals surface area contributed by atoms with Gasteiger partial charge in [-0.2, -0.15) is 13.2 Å². The standard InChI is InChI=1S/C22H24F3N5O/c1-2-3-6-16-15-30-19(26-16)9-10-20(27-30)28-11-13-29(14-12-28)21(31)17-7-4-5-8-18(17)22(23,24)25/h4-5,7-10,15H,2-3,6,11-14H2,1H3. The number of rotatable bonds is 5. The summed E-state index contributed by atoms with van der Waals surface area (Å²) in [5.41, 5.74) is 0.590. The van der Waals surface area contributed by atoms with Crippen LogP contribution in [0, 0.1) is 0 Å². The Morgan fingerprint density at radius 2 is 1.81 bits per heavy atom. The lowest BCUT2D eigenvalue weighted by atomic mass is 10.1. The number of anilines is 1. The SMILES string of the molecule is CCCCc1cn2nc(N3CCN(C(=O)c4ccccc4C(F)(F)F)CC3)ccc2n1. The number of hydrogen-bond donors (Lipinski definition) is 0. The number of imidazole rings is 1. The minimum Gasteiger partial charge on any atom is -0.352 e. The molecule has 0 aliphatic carbocycles. The van der Waals surface area contributed by atoms with Crippen molar-refractivity contribution in [2.45, 2.75) is 32.4 Å². The molecule has 0 saturated carbocycles. The lowest BCUT2D eigenvalue weighted by Gasteiger charge is -2.35. The number of piperazine rings is 1. The highest BCUT2D eigenvalue weighted by atomic mass is 19.4. The van der Waals surface area contributed by atoms with Gasteiger partial charge in [0.25, 0.3) is 5.91 Å². The summed E-state index contributed by atoms with van der Waals surface area (Å²) in [6, 6.07) is 8.74. The molecule has 0 radical (unpaired) electrons. The lowest BCUT2D eigenvalue weighted by Crippen LogP contribution is -2.49. The van der Waals surface area contributed by atoms with Crippen LogP contribution in [0.2, 0.25) is 0 Å². The molecule has 31 heavy (non-hydrogen) atoms. The summed E-state index contributed by atoms with van der Waals surface area (Å²) < 4.78 is 41.5. The number of carbonyl (C=O) groups excluding carboxylic acids is 1. The van der Waals surface area contributed by atoms with Crippen LogP contribution < -0.4 is 4.90 Å². The molecule has 0 spiro atoms. The Morgan fingerprint density at radius 3 is 2.52 bits per heavy atom. The highest BCUT2D eigenvalue weighted by Crippen LogP contribution is 2.32. The fraction of sp³-hybridized carbons (Fsp3) is 0.409. The zero-order chi connectivity index (χ0) is 22.0. The minimum absolute atomic E-state index is 0.305. The Labute approximate surface area is 178 Å². The third kappa shape index (κ3) is 4.50. The van der Waals surface area contributed by atoms with Crippen molar-refractivity contribution >= 4 is 17.4 Å². The molecule has 1 aliphatic heterocycles. The number of fused-ring (bicyclic) bond motifs is 1. The lowest BCUT2D eigenvalue weighted by molar-refractivity contribution is -0.138. The first-order chi connectivity index (χ1) is 14.9. The molecule has 0 unspecified atom stereocenters. The summed E-state index contributed by atoms with van der Waals surface area (Å²) in [5, 5.41) is 4.63. The molecule has 1 fully saturated rings. The van der Waals surface area contributed by atoms with Gasteiger partial charge in [0.15, 0.2) is 5.65 Å². The molecular formula is C22H24F3N5O. The van der Waals surface area contributed by atoms with Crippen LogP contribution in [0.5, 0.6) is 0 Å². The van der Waals surface area contributed by atoms with Gasteiger partial charge in [0.2, 0.25) is 0 Å². The average molecular weight is 431 g/mol. The van der Waals surface area contributed by atoms with Gasteiger partial charge in [-0.3, -0.25) is 4.79 Å². The molecule has 0 bridgehead atoms. The van der Waals surface area contributed by atoms with Crippen molar-refractivity contribution in [3.63, 3.8) is 0 Å². The Bertz CT molecular complexity index is 1070. The summed E-state index contributed by atoms with van der Waals surface area (Å²) >= 11 is 0. The van der Waals surface area contributed by atoms with Crippen LogP contribution in [0.1, 0.15) is 41.4 Å². The van der Waals surface area contributed by atoms with Crippen LogP contribution in [0.25, 0.3) is 5.65 Å². The fourth-order valence-corrected chi connectivity index (χ4v) is 3.79. The Kier molecular flexibility index (Phi) is 5.84. The predicted molar refractivity (Wildman–Crippen MR) is 111 cm³/mol. The molecule has 6 nitrogen and oxygen atoms in total. The number of hydrogen-bond acceptors (Lipinski definition) is 4. The topological polar surface area (TPSA) is 53.7 Å². The van der Waals surface area contributed by atoms with E-state index in [1.54, 1.807) is 4.52 Å². The van der Waals surface area contributed by atoms with E-state index in [2.05, 4.69) is 17.0 Å². The molecule has 9 heteroatoms. The number of aryl methyl sites for hydroxylation is 1. The second-order valence-electron chi connectivity index (χ2n) is 7.65. The van der Waals surface area contributed by atoms with Crippen LogP contribution >= 0.6 is 0 Å². The number of amides is 1. The third-order valence-corrected chi connectivity index (χ3v) is 5.50. The molecule has 0 atom stereocenters. The summed E-state index contributed by atoms with van der Waals surface area (Å²) in [6.07, 6.45) is 0.457. The van der Waals surface area contributed by atoms with Crippen molar-refractivity contribution in [3.05, 3.63) is 59.4 Å². The van der Waals surface area contributed by atoms with E-state index in [0.717, 1.165) is 42.5 Å². The van der Waals surface area contributed by atoms with Crippen molar-refractivity contribution in [1.82, 2.24) is 19.5 Å². The number of carbonyl (C=O) groups is 1. The molecule has 1 aliphatic rings. The molecule has 2 aromatic heterocycles. The van der Waals surface area contributed by atoms with E-state index in [4.69, 9.17) is 0 Å². The normalized spacial score (nSPS) is 15.0. The van der Waals surface area contributed by atoms with Crippen LogP contribution in [-0.2, 0) is 12.6 Å². The quantitative estimate of drug-likeness (QED) is 0.612. The summed E-state index contributed by atoms with van der Waals surface area (Å²) in [7, 11) is 0. The number of benzene rings is 1. The summed E-state index contributed by atoms with van der Waals surface area (Å²) in [6.45, 7) is 3.79. The average Bonchev–Trinajstić information content (AvgIpc) is 3.19. The van der Waals surface area contributed by atoms with E-state index < -0.39 is 17.6 Å². The first-order valence-corrected chi connectivity index (χ1v) is 10.4. The van der Waals surface area contributed by atoms with Crippen LogP contribution in [-0.4, -0.2) is 51.6 Å². The van der Waals surface area contributed by atoms with Crippen molar-refractivity contribution < 1.29 is 18.0 Å². The molecule has 3 aromatic rings. The van der Waals surface area contributed by atoms with Crippen LogP contribution in [0.15, 0.2) is 42.6 Å². The van der Waals surface area contributed by atoms with Crippen LogP contribution in [0.3, 0.4) is 0 Å². The highest BCUT2D eigenvalue weighted by Gasteiger charge is 2.36. The Hall–Kier alpha value is -3.10. The van der Waals surface area contributed by atoms with Crippen molar-refractivity contribution in [1.29, 1.82) is 0 Å². The Balaban J connectivity index is 1.45. The third-order valence-electron chi connectivity index (χ3n) is 5.50. The number of unbranched alkanes of at least 4 members (excludes halogenated alkanes) is 1. The van der Waals surface area contributed by atoms with Gasteiger partial charge in [-0.25, -0.2) is 9.50 Å². The van der Waals surface area contributed by atoms with Gasteiger partial charge < -0.3 is 9.80 Å². The van der Waals surface area contributed by atoms with E-state index in [9.17, 15) is 18.0 Å². The van der Waals surface area contributed by atoms with Crippen molar-refractivity contribution in [2.75, 3.05) is 31.1 Å². The molecule has 0 N–H and O–H groups in total. The zero-order valence-electron chi connectivity index (χ0n) is 17.3. The first-order valence-electron chi connectivity index (χ1n) is 10.4. The molecular weight excluding hydrogens is 407 g/mol. The largest absolute Gasteiger partial charge is 0.417 e. The number of nitrogens with zero attached hydrogens (tertiary/aromatic N) is 5. The van der Waals surface area contributed by atoms with Gasteiger partial charge in [-0.15, -0.1) is 5.10 Å². The second-order valence-corrected chi connectivity index (χ2v) is 7.65. The van der Waals surface area contributed by atoms with E-state index in [-0.39, 0.29) is 5.56 Å². The van der Waals surface area contributed by atoms with Gasteiger partial charge in [0.1, 0.15) is 5.82 Å². The maximum Gasteiger partial charge on any atom is 0.417 e. The van der Waals surface area contributed by atoms with Gasteiger partial charge in [0, 0.05) is 26.2 Å². The predicted octanol–water partition coefficient (Wildman–Crippen LogP) is 4.05. The van der Waals surface area contributed by atoms with Crippen molar-refractivity contribution in [2.24, 2.45) is 0 Å². The van der Waals surface area contributed by atoms with E-state index in [1.807, 2.05) is 23.2 Å². The van der Waals surface area contributed by atoms with E-state index in [1.165, 1.54) is 23.1 Å². The second kappa shape index (κ2) is 8.56. The molecule has 1 amide bonds. The van der Waals surface area contributed by atoms with Crippen molar-refractivity contribution in [3.8, 4) is 0 Å². The highest BCUT2D eigenvalue weighted by molar-refractivity contribution is 5.96. The van der Waals surface area contributed by atoms with Gasteiger partial charge >= 0.3 is 6.18 Å². The summed E-state index contributed by atoms with van der Waals surface area (Å²) in [5.74, 6) is 0.167. The smallest absolute Gasteiger partial charge is 0.352 e. The minimum atomic E-state index is -4.56. The number of halogens is 3. The number of alkyl halides is 3. The molecule has 164 valence electrons. The molecule has 1 saturated heterocycles. The van der Waals surface area contributed by atoms with E-state index in [0.29, 0.717) is 26.2 Å². The Morgan fingerprint density at radius 1 is 1.06 bits per heavy atom. The van der Waals surface area contributed by atoms with Gasteiger partial charge in [-0.05, 0) is 37.1 Å². The monoisotopic (exact) mass is 431 g/mol. The maximum absolute atomic E-state index is 13.3. The number of aromatic nitrogens is 3. The maximum atomic E-state index is 13.3. The molecule has 4 rings (SSSR count). The first kappa shape index (κ1) is 21.1. The van der Waals surface area contributed by atoms with Gasteiger partial charge in [0.05, 0.1) is 23.0 Å². The molecule has 3 heterocycles. The zero-order valence-corrected chi connectivity index (χ0v) is 17.3. The summed E-state index contributed by atoms with van der Waals surface area (Å²) in [4.78, 5) is 20.8. The fourth-order valence-electron chi connectivity index (χ4n) is 3.79.